The van der Waals surface area contributed by atoms with Crippen LogP contribution in [0.1, 0.15) is 80.0 Å². The van der Waals surface area contributed by atoms with Gasteiger partial charge in [-0.05, 0) is 76.1 Å². The fourth-order valence-corrected chi connectivity index (χ4v) is 4.60. The van der Waals surface area contributed by atoms with Crippen LogP contribution in [0, 0.1) is 10.8 Å². The summed E-state index contributed by atoms with van der Waals surface area (Å²) in [5, 5.41) is 19.5. The first kappa shape index (κ1) is 27.2. The first-order valence-electron chi connectivity index (χ1n) is 14.0. The van der Waals surface area contributed by atoms with Crippen LogP contribution in [-0.2, 0) is 0 Å². The van der Waals surface area contributed by atoms with Crippen molar-refractivity contribution in [3.63, 3.8) is 0 Å². The van der Waals surface area contributed by atoms with Gasteiger partial charge in [-0.1, -0.05) is 48.1 Å². The second-order valence-electron chi connectivity index (χ2n) is 10.6. The van der Waals surface area contributed by atoms with E-state index in [-0.39, 0.29) is 17.8 Å². The monoisotopic (exact) mass is 532 g/mol. The first-order valence-corrected chi connectivity index (χ1v) is 14.0. The van der Waals surface area contributed by atoms with E-state index < -0.39 is 0 Å². The molecule has 2 aromatic rings. The van der Waals surface area contributed by atoms with Crippen molar-refractivity contribution in [1.82, 2.24) is 20.2 Å². The van der Waals surface area contributed by atoms with Crippen LogP contribution in [-0.4, -0.2) is 39.0 Å². The lowest BCUT2D eigenvalue weighted by Gasteiger charge is -2.21. The number of pyridine rings is 2. The van der Waals surface area contributed by atoms with E-state index >= 15 is 0 Å². The van der Waals surface area contributed by atoms with Crippen LogP contribution in [0.15, 0.2) is 83.9 Å². The molecule has 5 rings (SSSR count). The van der Waals surface area contributed by atoms with Crippen molar-refractivity contribution in [3.05, 3.63) is 101 Å². The quantitative estimate of drug-likeness (QED) is 0.185. The smallest absolute Gasteiger partial charge is 0.274 e. The average Bonchev–Trinajstić information content (AvgIpc) is 3.88. The Morgan fingerprint density at radius 2 is 1.98 bits per heavy atom. The number of aromatic nitrogens is 2. The van der Waals surface area contributed by atoms with Crippen LogP contribution in [0.4, 0.5) is 0 Å². The molecule has 1 amide bonds. The maximum Gasteiger partial charge on any atom is 0.274 e. The van der Waals surface area contributed by atoms with Crippen molar-refractivity contribution >= 4 is 24.2 Å². The van der Waals surface area contributed by atoms with Crippen LogP contribution in [0.25, 0.3) is 17.2 Å². The molecule has 2 aromatic heterocycles. The first-order chi connectivity index (χ1) is 19.5. The van der Waals surface area contributed by atoms with E-state index in [1.54, 1.807) is 11.1 Å². The molecule has 2 saturated carbocycles. The molecule has 7 heteroatoms. The topological polar surface area (TPSA) is 106 Å². The Bertz CT molecular complexity index is 1450. The molecular weight excluding hydrogens is 496 g/mol. The Balaban J connectivity index is 1.42. The summed E-state index contributed by atoms with van der Waals surface area (Å²) in [5.41, 5.74) is 6.73. The maximum absolute atomic E-state index is 13.5. The van der Waals surface area contributed by atoms with Gasteiger partial charge < -0.3 is 10.2 Å². The van der Waals surface area contributed by atoms with Gasteiger partial charge in [0, 0.05) is 52.4 Å². The summed E-state index contributed by atoms with van der Waals surface area (Å²) in [6.45, 7) is 4.05. The van der Waals surface area contributed by atoms with Gasteiger partial charge in [-0.15, -0.1) is 0 Å². The fourth-order valence-electron chi connectivity index (χ4n) is 4.60. The number of amidine groups is 1. The third-order valence-corrected chi connectivity index (χ3v) is 7.45. The van der Waals surface area contributed by atoms with Gasteiger partial charge in [0.1, 0.15) is 11.5 Å². The van der Waals surface area contributed by atoms with Crippen LogP contribution >= 0.6 is 0 Å². The lowest BCUT2D eigenvalue weighted by atomic mass is 10.00. The number of carbonyl (C=O) groups excluding carboxylic acids is 1. The molecule has 3 aliphatic carbocycles. The van der Waals surface area contributed by atoms with Crippen LogP contribution in [0.3, 0.4) is 0 Å². The summed E-state index contributed by atoms with van der Waals surface area (Å²) < 4.78 is 0. The number of rotatable bonds is 9. The normalized spacial score (nSPS) is 20.9. The molecule has 0 saturated heterocycles. The summed E-state index contributed by atoms with van der Waals surface area (Å²) in [6.07, 6.45) is 24.4. The number of allylic oxidation sites excluding steroid dienone is 7. The number of amides is 1. The SMILES string of the molecule is C/C=C(C)/C=C\c1cnc(C(=O)N/C2=C/C(C(=N)N(C=N)C3CC3)=C\C=C/CC2)cc1-c1ccc(C2CC2)nc1. The Morgan fingerprint density at radius 3 is 2.65 bits per heavy atom. The molecule has 3 aliphatic rings. The zero-order valence-electron chi connectivity index (χ0n) is 23.2. The van der Waals surface area contributed by atoms with Gasteiger partial charge in [-0.3, -0.25) is 25.6 Å². The summed E-state index contributed by atoms with van der Waals surface area (Å²) >= 11 is 0. The van der Waals surface area contributed by atoms with Crippen molar-refractivity contribution in [2.24, 2.45) is 0 Å². The van der Waals surface area contributed by atoms with Crippen molar-refractivity contribution in [3.8, 4) is 11.1 Å². The van der Waals surface area contributed by atoms with E-state index in [2.05, 4.69) is 22.4 Å². The third-order valence-electron chi connectivity index (χ3n) is 7.45. The van der Waals surface area contributed by atoms with Crippen molar-refractivity contribution < 1.29 is 4.79 Å². The molecule has 0 bridgehead atoms. The number of hydrogen-bond acceptors (Lipinski definition) is 5. The van der Waals surface area contributed by atoms with Crippen LogP contribution < -0.4 is 5.32 Å². The number of carbonyl (C=O) groups is 1. The minimum atomic E-state index is -0.295. The predicted molar refractivity (Wildman–Crippen MR) is 161 cm³/mol. The van der Waals surface area contributed by atoms with Crippen LogP contribution in [0.5, 0.6) is 0 Å². The third kappa shape index (κ3) is 6.60. The van der Waals surface area contributed by atoms with E-state index in [9.17, 15) is 4.79 Å². The van der Waals surface area contributed by atoms with Gasteiger partial charge in [-0.25, -0.2) is 0 Å². The highest BCUT2D eigenvalue weighted by molar-refractivity contribution is 6.05. The van der Waals surface area contributed by atoms with E-state index in [4.69, 9.17) is 15.8 Å². The zero-order valence-corrected chi connectivity index (χ0v) is 23.2. The molecule has 0 unspecified atom stereocenters. The lowest BCUT2D eigenvalue weighted by molar-refractivity contribution is 0.0959. The minimum Gasteiger partial charge on any atom is -0.324 e. The molecule has 204 valence electrons. The Labute approximate surface area is 236 Å². The summed E-state index contributed by atoms with van der Waals surface area (Å²) in [7, 11) is 0. The molecule has 0 aromatic carbocycles. The predicted octanol–water partition coefficient (Wildman–Crippen LogP) is 6.94. The molecule has 0 spiro atoms. The Kier molecular flexibility index (Phi) is 8.29. The number of nitrogens with one attached hydrogen (secondary N) is 3. The standard InChI is InChI=1S/C33H36N6O/c1-3-22(2)9-10-25-20-37-31(18-29(25)26-13-16-30(36-19-26)23-11-12-23)33(40)38-27-8-6-4-5-7-24(17-27)32(35)39(21-34)28-14-15-28/h3-5,7,9-10,13,16-21,23,28,34-35H,6,8,11-12,14-15H2,1-2H3,(H,38,40)/b5-4-,10-9-,22-3+,24-7+,27-17+,34-21?,35-32?. The molecule has 0 aliphatic heterocycles. The van der Waals surface area contributed by atoms with Crippen molar-refractivity contribution in [1.29, 1.82) is 10.8 Å². The molecule has 3 N–H and O–H groups in total. The molecule has 2 fully saturated rings. The van der Waals surface area contributed by atoms with E-state index in [0.717, 1.165) is 52.9 Å². The van der Waals surface area contributed by atoms with Crippen LogP contribution in [0.2, 0.25) is 0 Å². The van der Waals surface area contributed by atoms with Gasteiger partial charge in [0.25, 0.3) is 5.91 Å². The fraction of sp³-hybridized carbons (Fsp3) is 0.303. The molecule has 7 nitrogen and oxygen atoms in total. The highest BCUT2D eigenvalue weighted by atomic mass is 16.1. The largest absolute Gasteiger partial charge is 0.324 e. The zero-order chi connectivity index (χ0) is 28.1. The van der Waals surface area contributed by atoms with Gasteiger partial charge >= 0.3 is 0 Å². The summed E-state index contributed by atoms with van der Waals surface area (Å²) in [6, 6.07) is 6.22. The molecule has 0 atom stereocenters. The number of nitrogens with zero attached hydrogens (tertiary/aromatic N) is 3. The highest BCUT2D eigenvalue weighted by Gasteiger charge is 2.30. The van der Waals surface area contributed by atoms with Crippen molar-refractivity contribution in [2.45, 2.75) is 64.3 Å². The second-order valence-corrected chi connectivity index (χ2v) is 10.6. The molecule has 0 radical (unpaired) electrons. The van der Waals surface area contributed by atoms with E-state index in [1.807, 2.05) is 68.6 Å². The molecule has 40 heavy (non-hydrogen) atoms. The Morgan fingerprint density at radius 1 is 1.15 bits per heavy atom. The van der Waals surface area contributed by atoms with Gasteiger partial charge in [-0.2, -0.15) is 0 Å². The molecular formula is C33H36N6O. The molecule has 2 heterocycles. The average molecular weight is 533 g/mol. The second kappa shape index (κ2) is 12.2. The summed E-state index contributed by atoms with van der Waals surface area (Å²) in [4.78, 5) is 24.4. The lowest BCUT2D eigenvalue weighted by Crippen LogP contribution is -2.32. The van der Waals surface area contributed by atoms with Gasteiger partial charge in [0.15, 0.2) is 0 Å². The minimum absolute atomic E-state index is 0.214. The van der Waals surface area contributed by atoms with E-state index in [0.29, 0.717) is 23.6 Å². The van der Waals surface area contributed by atoms with E-state index in [1.165, 1.54) is 19.2 Å². The van der Waals surface area contributed by atoms with Gasteiger partial charge in [0.2, 0.25) is 0 Å². The van der Waals surface area contributed by atoms with Gasteiger partial charge in [0.05, 0.1) is 6.34 Å². The highest BCUT2D eigenvalue weighted by Crippen LogP contribution is 2.39. The Hall–Kier alpha value is -4.39. The summed E-state index contributed by atoms with van der Waals surface area (Å²) in [5.74, 6) is 0.551. The number of hydrogen-bond donors (Lipinski definition) is 3. The maximum atomic E-state index is 13.5. The van der Waals surface area contributed by atoms with Crippen molar-refractivity contribution in [2.75, 3.05) is 0 Å².